The number of non-ortho nitro benzene ring substituents is 1. The van der Waals surface area contributed by atoms with Crippen LogP contribution in [0.3, 0.4) is 0 Å². The van der Waals surface area contributed by atoms with E-state index in [0.29, 0.717) is 17.7 Å². The summed E-state index contributed by atoms with van der Waals surface area (Å²) < 4.78 is 16.2. The summed E-state index contributed by atoms with van der Waals surface area (Å²) in [6.45, 7) is 2.74. The summed E-state index contributed by atoms with van der Waals surface area (Å²) in [6.07, 6.45) is 3.58. The van der Waals surface area contributed by atoms with Crippen LogP contribution in [-0.2, 0) is 9.53 Å². The summed E-state index contributed by atoms with van der Waals surface area (Å²) >= 11 is 0. The zero-order valence-corrected chi connectivity index (χ0v) is 19.4. The SMILES string of the molecule is CCCCOc1ccc(C2=N/C(=C\c3ccc(OC(=O)c4cccc([N+](=O)[O-])c4)cc3)C(=O)O2)cc1. The predicted molar refractivity (Wildman–Crippen MR) is 132 cm³/mol. The summed E-state index contributed by atoms with van der Waals surface area (Å²) in [6, 6.07) is 18.8. The Morgan fingerprint density at radius 2 is 1.78 bits per heavy atom. The van der Waals surface area contributed by atoms with Crippen molar-refractivity contribution in [1.29, 1.82) is 0 Å². The molecule has 0 atom stereocenters. The Morgan fingerprint density at radius 1 is 1.06 bits per heavy atom. The largest absolute Gasteiger partial charge is 0.494 e. The number of cyclic esters (lactones) is 1. The maximum atomic E-state index is 12.3. The Bertz CT molecular complexity index is 1340. The normalized spacial score (nSPS) is 13.8. The van der Waals surface area contributed by atoms with Crippen LogP contribution in [0.15, 0.2) is 83.5 Å². The van der Waals surface area contributed by atoms with Crippen LogP contribution < -0.4 is 9.47 Å². The molecule has 36 heavy (non-hydrogen) atoms. The Morgan fingerprint density at radius 3 is 2.47 bits per heavy atom. The minimum atomic E-state index is -0.722. The molecular formula is C27H22N2O7. The number of rotatable bonds is 9. The monoisotopic (exact) mass is 486 g/mol. The zero-order chi connectivity index (χ0) is 25.5. The van der Waals surface area contributed by atoms with Gasteiger partial charge in [0.05, 0.1) is 17.1 Å². The number of nitro benzene ring substituents is 1. The molecule has 1 aliphatic heterocycles. The molecule has 3 aromatic rings. The number of nitrogens with zero attached hydrogens (tertiary/aromatic N) is 2. The van der Waals surface area contributed by atoms with Crippen LogP contribution in [0, 0.1) is 10.1 Å². The van der Waals surface area contributed by atoms with Gasteiger partial charge in [-0.1, -0.05) is 31.5 Å². The van der Waals surface area contributed by atoms with Crippen LogP contribution in [0.2, 0.25) is 0 Å². The number of benzene rings is 3. The lowest BCUT2D eigenvalue weighted by Gasteiger charge is -2.05. The zero-order valence-electron chi connectivity index (χ0n) is 19.4. The maximum Gasteiger partial charge on any atom is 0.363 e. The van der Waals surface area contributed by atoms with Crippen molar-refractivity contribution in [3.8, 4) is 11.5 Å². The third kappa shape index (κ3) is 6.01. The van der Waals surface area contributed by atoms with Gasteiger partial charge in [0.1, 0.15) is 11.5 Å². The molecule has 0 N–H and O–H groups in total. The van der Waals surface area contributed by atoms with Gasteiger partial charge in [0.2, 0.25) is 5.90 Å². The van der Waals surface area contributed by atoms with Gasteiger partial charge >= 0.3 is 11.9 Å². The predicted octanol–water partition coefficient (Wildman–Crippen LogP) is 5.34. The average molecular weight is 486 g/mol. The van der Waals surface area contributed by atoms with E-state index in [0.717, 1.165) is 24.7 Å². The molecule has 0 fully saturated rings. The summed E-state index contributed by atoms with van der Waals surface area (Å²) in [5.74, 6) is -0.115. The van der Waals surface area contributed by atoms with E-state index in [4.69, 9.17) is 14.2 Å². The van der Waals surface area contributed by atoms with Crippen LogP contribution in [0.5, 0.6) is 11.5 Å². The molecule has 9 nitrogen and oxygen atoms in total. The fourth-order valence-corrected chi connectivity index (χ4v) is 3.26. The molecule has 1 aliphatic rings. The minimum Gasteiger partial charge on any atom is -0.494 e. The smallest absolute Gasteiger partial charge is 0.363 e. The lowest BCUT2D eigenvalue weighted by molar-refractivity contribution is -0.384. The first-order chi connectivity index (χ1) is 17.4. The number of nitro groups is 1. The highest BCUT2D eigenvalue weighted by atomic mass is 16.6. The molecular weight excluding hydrogens is 464 g/mol. The third-order valence-corrected chi connectivity index (χ3v) is 5.18. The van der Waals surface area contributed by atoms with Gasteiger partial charge in [-0.05, 0) is 60.5 Å². The van der Waals surface area contributed by atoms with E-state index >= 15 is 0 Å². The molecule has 0 aromatic heterocycles. The van der Waals surface area contributed by atoms with E-state index < -0.39 is 16.9 Å². The van der Waals surface area contributed by atoms with Crippen LogP contribution in [0.1, 0.15) is 41.3 Å². The molecule has 0 aliphatic carbocycles. The first kappa shape index (κ1) is 24.3. The van der Waals surface area contributed by atoms with Crippen molar-refractivity contribution in [2.75, 3.05) is 6.61 Å². The van der Waals surface area contributed by atoms with Crippen molar-refractivity contribution in [2.45, 2.75) is 19.8 Å². The number of carbonyl (C=O) groups is 2. The quantitative estimate of drug-likeness (QED) is 0.100. The first-order valence-corrected chi connectivity index (χ1v) is 11.3. The fourth-order valence-electron chi connectivity index (χ4n) is 3.26. The Balaban J connectivity index is 1.42. The first-order valence-electron chi connectivity index (χ1n) is 11.3. The molecule has 0 bridgehead atoms. The van der Waals surface area contributed by atoms with Gasteiger partial charge < -0.3 is 14.2 Å². The third-order valence-electron chi connectivity index (χ3n) is 5.18. The number of carbonyl (C=O) groups excluding carboxylic acids is 2. The van der Waals surface area contributed by atoms with Crippen molar-refractivity contribution in [1.82, 2.24) is 0 Å². The lowest BCUT2D eigenvalue weighted by atomic mass is 10.2. The highest BCUT2D eigenvalue weighted by Crippen LogP contribution is 2.23. The molecule has 0 radical (unpaired) electrons. The number of hydrogen-bond donors (Lipinski definition) is 0. The topological polar surface area (TPSA) is 117 Å². The Hall–Kier alpha value is -4.79. The van der Waals surface area contributed by atoms with Gasteiger partial charge in [-0.2, -0.15) is 0 Å². The van der Waals surface area contributed by atoms with E-state index in [-0.39, 0.29) is 28.6 Å². The molecule has 0 spiro atoms. The number of hydrogen-bond acceptors (Lipinski definition) is 8. The van der Waals surface area contributed by atoms with Crippen LogP contribution in [0.4, 0.5) is 5.69 Å². The fraction of sp³-hybridized carbons (Fsp3) is 0.148. The van der Waals surface area contributed by atoms with E-state index in [1.54, 1.807) is 54.6 Å². The van der Waals surface area contributed by atoms with Gasteiger partial charge in [0.25, 0.3) is 5.69 Å². The van der Waals surface area contributed by atoms with Gasteiger partial charge in [0.15, 0.2) is 5.70 Å². The summed E-state index contributed by atoms with van der Waals surface area (Å²) in [5.41, 5.74) is 1.28. The number of aliphatic imine (C=N–C) groups is 1. The maximum absolute atomic E-state index is 12.3. The van der Waals surface area contributed by atoms with Crippen LogP contribution in [0.25, 0.3) is 6.08 Å². The number of ether oxygens (including phenoxy) is 3. The van der Waals surface area contributed by atoms with Gasteiger partial charge in [-0.3, -0.25) is 10.1 Å². The van der Waals surface area contributed by atoms with E-state index in [1.165, 1.54) is 18.2 Å². The van der Waals surface area contributed by atoms with Gasteiger partial charge in [-0.15, -0.1) is 0 Å². The van der Waals surface area contributed by atoms with Crippen molar-refractivity contribution >= 4 is 29.6 Å². The molecule has 9 heteroatoms. The lowest BCUT2D eigenvalue weighted by Crippen LogP contribution is -2.08. The standard InChI is InChI=1S/C27H22N2O7/c1-2-3-15-34-22-13-9-19(10-14-22)25-28-24(27(31)36-25)16-18-7-11-23(12-8-18)35-26(30)20-5-4-6-21(17-20)29(32)33/h4-14,16-17H,2-3,15H2,1H3/b24-16-. The minimum absolute atomic E-state index is 0.0616. The summed E-state index contributed by atoms with van der Waals surface area (Å²) in [5, 5.41) is 10.9. The second kappa shape index (κ2) is 11.1. The van der Waals surface area contributed by atoms with Gasteiger partial charge in [0, 0.05) is 17.7 Å². The van der Waals surface area contributed by atoms with Crippen molar-refractivity contribution in [3.05, 3.63) is 105 Å². The molecule has 0 saturated carbocycles. The molecule has 4 rings (SSSR count). The van der Waals surface area contributed by atoms with Crippen LogP contribution >= 0.6 is 0 Å². The molecule has 0 amide bonds. The Kier molecular flexibility index (Phi) is 7.50. The number of esters is 2. The molecule has 182 valence electrons. The Labute approximate surface area is 206 Å². The second-order valence-electron chi connectivity index (χ2n) is 7.83. The molecule has 0 unspecified atom stereocenters. The van der Waals surface area contributed by atoms with Gasteiger partial charge in [-0.25, -0.2) is 14.6 Å². The van der Waals surface area contributed by atoms with Crippen LogP contribution in [-0.4, -0.2) is 29.4 Å². The highest BCUT2D eigenvalue weighted by Gasteiger charge is 2.24. The molecule has 3 aromatic carbocycles. The van der Waals surface area contributed by atoms with E-state index in [2.05, 4.69) is 11.9 Å². The summed E-state index contributed by atoms with van der Waals surface area (Å²) in [4.78, 5) is 39.2. The summed E-state index contributed by atoms with van der Waals surface area (Å²) in [7, 11) is 0. The van der Waals surface area contributed by atoms with E-state index in [1.807, 2.05) is 0 Å². The van der Waals surface area contributed by atoms with Crippen molar-refractivity contribution in [3.63, 3.8) is 0 Å². The van der Waals surface area contributed by atoms with Crippen molar-refractivity contribution < 1.29 is 28.7 Å². The molecule has 0 saturated heterocycles. The average Bonchev–Trinajstić information content (AvgIpc) is 3.25. The number of unbranched alkanes of at least 4 members (excludes halogenated alkanes) is 1. The van der Waals surface area contributed by atoms with E-state index in [9.17, 15) is 19.7 Å². The molecule has 1 heterocycles. The van der Waals surface area contributed by atoms with Crippen molar-refractivity contribution in [2.24, 2.45) is 4.99 Å². The second-order valence-corrected chi connectivity index (χ2v) is 7.83. The highest BCUT2D eigenvalue weighted by molar-refractivity contribution is 6.12.